The minimum absolute atomic E-state index is 0.0241. The summed E-state index contributed by atoms with van der Waals surface area (Å²) in [4.78, 5) is 14.0. The summed E-state index contributed by atoms with van der Waals surface area (Å²) in [6.45, 7) is 4.16. The van der Waals surface area contributed by atoms with Gasteiger partial charge in [0.25, 0.3) is 0 Å². The Balaban J connectivity index is 2.18. The number of amides is 1. The van der Waals surface area contributed by atoms with Gasteiger partial charge >= 0.3 is 0 Å². The highest BCUT2D eigenvalue weighted by molar-refractivity contribution is 7.89. The molecule has 0 aliphatic carbocycles. The average Bonchev–Trinajstić information content (AvgIpc) is 2.46. The van der Waals surface area contributed by atoms with Gasteiger partial charge in [0.15, 0.2) is 0 Å². The lowest BCUT2D eigenvalue weighted by atomic mass is 10.0. The standard InChI is InChI=1S/C15H20Cl2N2O3S/c1-10-6-3-4-9-19(10)15(20)11(2)18-23(21,22)14-12(16)7-5-8-13(14)17/h5,7-8,10-11,18H,3-4,6,9H2,1-2H3. The number of hydrogen-bond acceptors (Lipinski definition) is 3. The fraction of sp³-hybridized carbons (Fsp3) is 0.533. The number of carbonyl (C=O) groups excluding carboxylic acids is 1. The van der Waals surface area contributed by atoms with Crippen molar-refractivity contribution >= 4 is 39.1 Å². The molecule has 2 atom stereocenters. The van der Waals surface area contributed by atoms with Crippen molar-refractivity contribution in [2.75, 3.05) is 6.54 Å². The van der Waals surface area contributed by atoms with E-state index >= 15 is 0 Å². The summed E-state index contributed by atoms with van der Waals surface area (Å²) in [5, 5.41) is 0.0481. The molecule has 1 aliphatic heterocycles. The van der Waals surface area contributed by atoms with E-state index in [9.17, 15) is 13.2 Å². The van der Waals surface area contributed by atoms with Gasteiger partial charge in [0, 0.05) is 12.6 Å². The number of hydrogen-bond donors (Lipinski definition) is 1. The van der Waals surface area contributed by atoms with Gasteiger partial charge in [-0.3, -0.25) is 4.79 Å². The number of halogens is 2. The summed E-state index contributed by atoms with van der Waals surface area (Å²) >= 11 is 11.9. The van der Waals surface area contributed by atoms with Crippen LogP contribution < -0.4 is 4.72 Å². The molecule has 1 aliphatic rings. The third-order valence-corrected chi connectivity index (χ3v) is 6.47. The van der Waals surface area contributed by atoms with Gasteiger partial charge in [0.05, 0.1) is 16.1 Å². The molecule has 0 bridgehead atoms. The summed E-state index contributed by atoms with van der Waals surface area (Å²) in [7, 11) is -3.98. The molecule has 8 heteroatoms. The third kappa shape index (κ3) is 4.18. The monoisotopic (exact) mass is 378 g/mol. The Hall–Kier alpha value is -0.820. The highest BCUT2D eigenvalue weighted by atomic mass is 35.5. The van der Waals surface area contributed by atoms with Crippen LogP contribution in [-0.4, -0.2) is 37.9 Å². The van der Waals surface area contributed by atoms with Crippen molar-refractivity contribution in [2.45, 2.75) is 50.1 Å². The lowest BCUT2D eigenvalue weighted by Gasteiger charge is -2.35. The SMILES string of the molecule is CC(NS(=O)(=O)c1c(Cl)cccc1Cl)C(=O)N1CCCCC1C. The second-order valence-electron chi connectivity index (χ2n) is 5.77. The van der Waals surface area contributed by atoms with E-state index in [-0.39, 0.29) is 26.9 Å². The van der Waals surface area contributed by atoms with Crippen molar-refractivity contribution < 1.29 is 13.2 Å². The highest BCUT2D eigenvalue weighted by Gasteiger charge is 2.31. The van der Waals surface area contributed by atoms with Crippen LogP contribution >= 0.6 is 23.2 Å². The molecule has 1 fully saturated rings. The molecule has 1 amide bonds. The summed E-state index contributed by atoms with van der Waals surface area (Å²) in [6, 6.07) is 3.69. The van der Waals surface area contributed by atoms with Crippen LogP contribution in [0.5, 0.6) is 0 Å². The molecule has 0 saturated carbocycles. The lowest BCUT2D eigenvalue weighted by Crippen LogP contribution is -2.51. The second kappa shape index (κ2) is 7.38. The van der Waals surface area contributed by atoms with Crippen molar-refractivity contribution in [1.82, 2.24) is 9.62 Å². The van der Waals surface area contributed by atoms with Crippen LogP contribution in [0.1, 0.15) is 33.1 Å². The number of nitrogens with zero attached hydrogens (tertiary/aromatic N) is 1. The minimum Gasteiger partial charge on any atom is -0.339 e. The van der Waals surface area contributed by atoms with Gasteiger partial charge in [0.2, 0.25) is 15.9 Å². The zero-order chi connectivity index (χ0) is 17.2. The Labute approximate surface area is 147 Å². The third-order valence-electron chi connectivity index (χ3n) is 3.98. The largest absolute Gasteiger partial charge is 0.339 e. The minimum atomic E-state index is -3.98. The van der Waals surface area contributed by atoms with Gasteiger partial charge in [-0.15, -0.1) is 0 Å². The smallest absolute Gasteiger partial charge is 0.244 e. The van der Waals surface area contributed by atoms with E-state index < -0.39 is 16.1 Å². The maximum absolute atomic E-state index is 12.5. The van der Waals surface area contributed by atoms with Gasteiger partial charge in [-0.1, -0.05) is 29.3 Å². The van der Waals surface area contributed by atoms with Gasteiger partial charge in [0.1, 0.15) is 4.90 Å². The Bertz CT molecular complexity index is 674. The van der Waals surface area contributed by atoms with E-state index in [4.69, 9.17) is 23.2 Å². The van der Waals surface area contributed by atoms with Crippen molar-refractivity contribution in [3.05, 3.63) is 28.2 Å². The Morgan fingerprint density at radius 3 is 2.48 bits per heavy atom. The maximum atomic E-state index is 12.5. The number of benzene rings is 1. The van der Waals surface area contributed by atoms with Gasteiger partial charge in [-0.2, -0.15) is 4.72 Å². The van der Waals surface area contributed by atoms with E-state index in [0.29, 0.717) is 6.54 Å². The van der Waals surface area contributed by atoms with Crippen molar-refractivity contribution in [2.24, 2.45) is 0 Å². The highest BCUT2D eigenvalue weighted by Crippen LogP contribution is 2.29. The number of sulfonamides is 1. The molecular formula is C15H20Cl2N2O3S. The first kappa shape index (κ1) is 18.5. The molecular weight excluding hydrogens is 359 g/mol. The van der Waals surface area contributed by atoms with E-state index in [0.717, 1.165) is 19.3 Å². The molecule has 2 rings (SSSR count). The van der Waals surface area contributed by atoms with Crippen LogP contribution in [0.25, 0.3) is 0 Å². The molecule has 1 saturated heterocycles. The fourth-order valence-electron chi connectivity index (χ4n) is 2.76. The number of rotatable bonds is 4. The summed E-state index contributed by atoms with van der Waals surface area (Å²) in [6.07, 6.45) is 2.95. The zero-order valence-electron chi connectivity index (χ0n) is 13.1. The molecule has 1 heterocycles. The van der Waals surface area contributed by atoms with Gasteiger partial charge < -0.3 is 4.90 Å². The molecule has 1 N–H and O–H groups in total. The molecule has 128 valence electrons. The van der Waals surface area contributed by atoms with Crippen LogP contribution in [0, 0.1) is 0 Å². The first-order valence-corrected chi connectivity index (χ1v) is 9.75. The fourth-order valence-corrected chi connectivity index (χ4v) is 5.10. The molecule has 0 spiro atoms. The Kier molecular flexibility index (Phi) is 5.94. The van der Waals surface area contributed by atoms with Crippen molar-refractivity contribution in [1.29, 1.82) is 0 Å². The molecule has 1 aromatic rings. The number of likely N-dealkylation sites (tertiary alicyclic amines) is 1. The quantitative estimate of drug-likeness (QED) is 0.875. The molecule has 5 nitrogen and oxygen atoms in total. The van der Waals surface area contributed by atoms with Crippen molar-refractivity contribution in [3.8, 4) is 0 Å². The topological polar surface area (TPSA) is 66.5 Å². The van der Waals surface area contributed by atoms with Crippen LogP contribution in [0.2, 0.25) is 10.0 Å². The van der Waals surface area contributed by atoms with Crippen LogP contribution in [0.15, 0.2) is 23.1 Å². The number of carbonyl (C=O) groups is 1. The van der Waals surface area contributed by atoms with Gasteiger partial charge in [-0.05, 0) is 45.2 Å². The van der Waals surface area contributed by atoms with Crippen LogP contribution in [0.3, 0.4) is 0 Å². The van der Waals surface area contributed by atoms with Crippen LogP contribution in [-0.2, 0) is 14.8 Å². The molecule has 2 unspecified atom stereocenters. The number of piperidine rings is 1. The molecule has 23 heavy (non-hydrogen) atoms. The zero-order valence-corrected chi connectivity index (χ0v) is 15.4. The first-order chi connectivity index (χ1) is 10.7. The Morgan fingerprint density at radius 1 is 1.30 bits per heavy atom. The van der Waals surface area contributed by atoms with E-state index in [1.54, 1.807) is 11.0 Å². The van der Waals surface area contributed by atoms with E-state index in [1.807, 2.05) is 6.92 Å². The molecule has 0 aromatic heterocycles. The second-order valence-corrected chi connectivity index (χ2v) is 8.24. The van der Waals surface area contributed by atoms with E-state index in [1.165, 1.54) is 19.1 Å². The lowest BCUT2D eigenvalue weighted by molar-refractivity contribution is -0.135. The average molecular weight is 379 g/mol. The summed E-state index contributed by atoms with van der Waals surface area (Å²) in [5.74, 6) is -0.232. The normalized spacial score (nSPS) is 20.3. The Morgan fingerprint density at radius 2 is 1.91 bits per heavy atom. The predicted molar refractivity (Wildman–Crippen MR) is 91.3 cm³/mol. The van der Waals surface area contributed by atoms with Crippen LogP contribution in [0.4, 0.5) is 0 Å². The first-order valence-electron chi connectivity index (χ1n) is 7.51. The summed E-state index contributed by atoms with van der Waals surface area (Å²) < 4.78 is 27.4. The predicted octanol–water partition coefficient (Wildman–Crippen LogP) is 3.06. The van der Waals surface area contributed by atoms with Gasteiger partial charge in [-0.25, -0.2) is 8.42 Å². The maximum Gasteiger partial charge on any atom is 0.244 e. The number of nitrogens with one attached hydrogen (secondary N) is 1. The van der Waals surface area contributed by atoms with E-state index in [2.05, 4.69) is 4.72 Å². The molecule has 0 radical (unpaired) electrons. The van der Waals surface area contributed by atoms with Crippen molar-refractivity contribution in [3.63, 3.8) is 0 Å². The molecule has 1 aromatic carbocycles. The summed E-state index contributed by atoms with van der Waals surface area (Å²) in [5.41, 5.74) is 0.